The van der Waals surface area contributed by atoms with Crippen LogP contribution in [-0.4, -0.2) is 9.66 Å². The summed E-state index contributed by atoms with van der Waals surface area (Å²) in [4.78, 5) is 4.30. The molecule has 5 heteroatoms. The summed E-state index contributed by atoms with van der Waals surface area (Å²) in [5, 5.41) is 0. The van der Waals surface area contributed by atoms with Gasteiger partial charge >= 0.3 is 0 Å². The van der Waals surface area contributed by atoms with Gasteiger partial charge in [-0.3, -0.25) is 0 Å². The van der Waals surface area contributed by atoms with E-state index in [4.69, 9.17) is 11.5 Å². The molecule has 0 spiro atoms. The quantitative estimate of drug-likeness (QED) is 0.623. The van der Waals surface area contributed by atoms with Gasteiger partial charge < -0.3 is 16.9 Å². The molecular weight excluding hydrogens is 238 g/mol. The number of nitrogens with one attached hydrogen (secondary N) is 1. The van der Waals surface area contributed by atoms with Crippen molar-refractivity contribution >= 4 is 22.4 Å². The van der Waals surface area contributed by atoms with Crippen molar-refractivity contribution in [2.45, 2.75) is 6.54 Å². The van der Waals surface area contributed by atoms with E-state index >= 15 is 0 Å². The molecule has 0 saturated carbocycles. The van der Waals surface area contributed by atoms with E-state index in [0.717, 1.165) is 17.6 Å². The predicted octanol–water partition coefficient (Wildman–Crippen LogP) is 1.94. The lowest BCUT2D eigenvalue weighted by Gasteiger charge is -2.09. The molecule has 0 amide bonds. The third-order valence-corrected chi connectivity index (χ3v) is 3.05. The lowest BCUT2D eigenvalue weighted by molar-refractivity contribution is 0.862. The molecule has 0 unspecified atom stereocenters. The number of fused-ring (bicyclic) bond motifs is 1. The standard InChI is InChI=1S/C14H15N5/c15-11-6-13-14(7-12(11)16)19(9-17-13)18-8-10-4-2-1-3-5-10/h1-7,9,18H,8,15-16H2. The van der Waals surface area contributed by atoms with Gasteiger partial charge in [0.2, 0.25) is 0 Å². The van der Waals surface area contributed by atoms with E-state index in [-0.39, 0.29) is 0 Å². The number of anilines is 2. The van der Waals surface area contributed by atoms with E-state index in [9.17, 15) is 0 Å². The maximum absolute atomic E-state index is 5.83. The minimum absolute atomic E-state index is 0.556. The van der Waals surface area contributed by atoms with Gasteiger partial charge in [0, 0.05) is 0 Å². The van der Waals surface area contributed by atoms with Gasteiger partial charge in [-0.15, -0.1) is 0 Å². The number of imidazole rings is 1. The van der Waals surface area contributed by atoms with Crippen LogP contribution in [0.2, 0.25) is 0 Å². The van der Waals surface area contributed by atoms with Crippen molar-refractivity contribution in [1.82, 2.24) is 9.66 Å². The minimum Gasteiger partial charge on any atom is -0.397 e. The number of nitrogen functional groups attached to an aromatic ring is 2. The molecule has 1 heterocycles. The van der Waals surface area contributed by atoms with E-state index < -0.39 is 0 Å². The Morgan fingerprint density at radius 3 is 2.58 bits per heavy atom. The second kappa shape index (κ2) is 4.53. The fraction of sp³-hybridized carbons (Fsp3) is 0.0714. The molecule has 2 aromatic carbocycles. The van der Waals surface area contributed by atoms with Crippen molar-refractivity contribution in [3.05, 3.63) is 54.4 Å². The van der Waals surface area contributed by atoms with Crippen LogP contribution in [0.3, 0.4) is 0 Å². The van der Waals surface area contributed by atoms with Gasteiger partial charge in [0.05, 0.1) is 29.0 Å². The van der Waals surface area contributed by atoms with Crippen molar-refractivity contribution in [1.29, 1.82) is 0 Å². The summed E-state index contributed by atoms with van der Waals surface area (Å²) in [6, 6.07) is 13.8. The van der Waals surface area contributed by atoms with Crippen LogP contribution < -0.4 is 16.9 Å². The molecule has 96 valence electrons. The van der Waals surface area contributed by atoms with Crippen LogP contribution in [-0.2, 0) is 6.54 Å². The number of nitrogens with two attached hydrogens (primary N) is 2. The average Bonchev–Trinajstić information content (AvgIpc) is 2.80. The number of hydrogen-bond acceptors (Lipinski definition) is 4. The fourth-order valence-corrected chi connectivity index (χ4v) is 1.99. The molecule has 0 radical (unpaired) electrons. The second-order valence-electron chi connectivity index (χ2n) is 4.40. The normalized spacial score (nSPS) is 10.7. The first-order chi connectivity index (χ1) is 9.24. The van der Waals surface area contributed by atoms with Crippen molar-refractivity contribution in [2.24, 2.45) is 0 Å². The molecule has 0 saturated heterocycles. The Hall–Kier alpha value is -2.69. The Labute approximate surface area is 110 Å². The maximum atomic E-state index is 5.83. The third-order valence-electron chi connectivity index (χ3n) is 3.05. The Balaban J connectivity index is 1.87. The molecule has 0 atom stereocenters. The van der Waals surface area contributed by atoms with Gasteiger partial charge in [0.1, 0.15) is 6.33 Å². The molecule has 0 aliphatic heterocycles. The number of hydrogen-bond donors (Lipinski definition) is 3. The second-order valence-corrected chi connectivity index (χ2v) is 4.40. The van der Waals surface area contributed by atoms with Gasteiger partial charge in [0.25, 0.3) is 0 Å². The molecule has 1 aromatic heterocycles. The van der Waals surface area contributed by atoms with Gasteiger partial charge in [-0.25, -0.2) is 9.66 Å². The first-order valence-electron chi connectivity index (χ1n) is 6.04. The van der Waals surface area contributed by atoms with Gasteiger partial charge in [-0.2, -0.15) is 0 Å². The molecular formula is C14H15N5. The van der Waals surface area contributed by atoms with E-state index in [0.29, 0.717) is 11.4 Å². The van der Waals surface area contributed by atoms with E-state index in [2.05, 4.69) is 22.5 Å². The summed E-state index contributed by atoms with van der Waals surface area (Å²) in [5.74, 6) is 0. The van der Waals surface area contributed by atoms with Crippen molar-refractivity contribution in [2.75, 3.05) is 16.9 Å². The first kappa shape index (κ1) is 11.4. The van der Waals surface area contributed by atoms with Crippen LogP contribution >= 0.6 is 0 Å². The van der Waals surface area contributed by atoms with Crippen LogP contribution in [0.1, 0.15) is 5.56 Å². The number of rotatable bonds is 3. The van der Waals surface area contributed by atoms with Crippen LogP contribution in [0.15, 0.2) is 48.8 Å². The highest BCUT2D eigenvalue weighted by atomic mass is 15.4. The Bertz CT molecular complexity index is 702. The van der Waals surface area contributed by atoms with E-state index in [1.165, 1.54) is 5.56 Å². The number of aromatic nitrogens is 2. The molecule has 0 aliphatic carbocycles. The largest absolute Gasteiger partial charge is 0.397 e. The maximum Gasteiger partial charge on any atom is 0.115 e. The van der Waals surface area contributed by atoms with Crippen LogP contribution in [0, 0.1) is 0 Å². The Morgan fingerprint density at radius 1 is 1.05 bits per heavy atom. The molecule has 0 bridgehead atoms. The Kier molecular flexibility index (Phi) is 2.72. The summed E-state index contributed by atoms with van der Waals surface area (Å²) in [6.07, 6.45) is 1.73. The third kappa shape index (κ3) is 2.18. The minimum atomic E-state index is 0.556. The Morgan fingerprint density at radius 2 is 1.79 bits per heavy atom. The summed E-state index contributed by atoms with van der Waals surface area (Å²) in [5.41, 5.74) is 19.0. The first-order valence-corrected chi connectivity index (χ1v) is 6.04. The van der Waals surface area contributed by atoms with Gasteiger partial charge in [0.15, 0.2) is 0 Å². The summed E-state index contributed by atoms with van der Waals surface area (Å²) < 4.78 is 1.86. The van der Waals surface area contributed by atoms with Gasteiger partial charge in [-0.05, 0) is 17.7 Å². The molecule has 5 N–H and O–H groups in total. The number of nitrogens with zero attached hydrogens (tertiary/aromatic N) is 2. The van der Waals surface area contributed by atoms with Crippen molar-refractivity contribution < 1.29 is 0 Å². The number of benzene rings is 2. The molecule has 0 fully saturated rings. The highest BCUT2D eigenvalue weighted by molar-refractivity contribution is 5.86. The van der Waals surface area contributed by atoms with E-state index in [1.807, 2.05) is 28.9 Å². The predicted molar refractivity (Wildman–Crippen MR) is 78.1 cm³/mol. The van der Waals surface area contributed by atoms with E-state index in [1.54, 1.807) is 12.4 Å². The zero-order valence-electron chi connectivity index (χ0n) is 10.4. The lowest BCUT2D eigenvalue weighted by Crippen LogP contribution is -2.13. The summed E-state index contributed by atoms with van der Waals surface area (Å²) in [6.45, 7) is 0.719. The smallest absolute Gasteiger partial charge is 0.115 e. The summed E-state index contributed by atoms with van der Waals surface area (Å²) >= 11 is 0. The van der Waals surface area contributed by atoms with Crippen LogP contribution in [0.4, 0.5) is 11.4 Å². The van der Waals surface area contributed by atoms with Crippen molar-refractivity contribution in [3.63, 3.8) is 0 Å². The highest BCUT2D eigenvalue weighted by Gasteiger charge is 2.05. The molecule has 3 aromatic rings. The topological polar surface area (TPSA) is 81.9 Å². The van der Waals surface area contributed by atoms with Crippen LogP contribution in [0.5, 0.6) is 0 Å². The average molecular weight is 253 g/mol. The summed E-state index contributed by atoms with van der Waals surface area (Å²) in [7, 11) is 0. The van der Waals surface area contributed by atoms with Crippen molar-refractivity contribution in [3.8, 4) is 0 Å². The highest BCUT2D eigenvalue weighted by Crippen LogP contribution is 2.22. The molecule has 3 rings (SSSR count). The van der Waals surface area contributed by atoms with Gasteiger partial charge in [-0.1, -0.05) is 30.3 Å². The molecule has 5 nitrogen and oxygen atoms in total. The van der Waals surface area contributed by atoms with Crippen LogP contribution in [0.25, 0.3) is 11.0 Å². The SMILES string of the molecule is Nc1cc2ncn(NCc3ccccc3)c2cc1N. The molecule has 0 aliphatic rings. The fourth-order valence-electron chi connectivity index (χ4n) is 1.99. The molecule has 19 heavy (non-hydrogen) atoms. The zero-order valence-corrected chi connectivity index (χ0v) is 10.4. The lowest BCUT2D eigenvalue weighted by atomic mass is 10.2. The monoisotopic (exact) mass is 253 g/mol. The zero-order chi connectivity index (χ0) is 13.2.